The normalized spacial score (nSPS) is 10.5. The maximum absolute atomic E-state index is 12.0. The van der Waals surface area contributed by atoms with E-state index in [1.807, 2.05) is 0 Å². The van der Waals surface area contributed by atoms with Gasteiger partial charge in [0.05, 0.1) is 23.5 Å². The molecular weight excluding hydrogens is 270 g/mol. The van der Waals surface area contributed by atoms with Crippen LogP contribution in [0.25, 0.3) is 0 Å². The van der Waals surface area contributed by atoms with Crippen LogP contribution in [0.4, 0.5) is 5.69 Å². The van der Waals surface area contributed by atoms with Crippen molar-refractivity contribution in [3.05, 3.63) is 53.5 Å². The minimum atomic E-state index is -0.381. The van der Waals surface area contributed by atoms with Crippen molar-refractivity contribution in [2.24, 2.45) is 0 Å². The average molecular weight is 287 g/mol. The minimum Gasteiger partial charge on any atom is -0.469 e. The Morgan fingerprint density at radius 3 is 2.33 bits per heavy atom. The molecule has 1 aromatic heterocycles. The van der Waals surface area contributed by atoms with E-state index in [2.05, 4.69) is 5.32 Å². The van der Waals surface area contributed by atoms with Gasteiger partial charge >= 0.3 is 5.97 Å². The molecule has 0 saturated carbocycles. The highest BCUT2D eigenvalue weighted by molar-refractivity contribution is 6.05. The van der Waals surface area contributed by atoms with Gasteiger partial charge in [0.15, 0.2) is 0 Å². The minimum absolute atomic E-state index is 0.166. The molecular formula is C16H17NO4. The van der Waals surface area contributed by atoms with Crippen molar-refractivity contribution < 1.29 is 18.7 Å². The molecule has 1 heterocycles. The molecule has 1 aromatic carbocycles. The fourth-order valence-corrected chi connectivity index (χ4v) is 1.79. The lowest BCUT2D eigenvalue weighted by Gasteiger charge is -2.09. The number of esters is 1. The number of benzene rings is 1. The molecule has 0 unspecified atom stereocenters. The molecule has 1 N–H and O–H groups in total. The summed E-state index contributed by atoms with van der Waals surface area (Å²) in [6, 6.07) is 8.15. The lowest BCUT2D eigenvalue weighted by molar-refractivity contribution is 0.0378. The second-order valence-electron chi connectivity index (χ2n) is 4.88. The first-order chi connectivity index (χ1) is 9.97. The van der Waals surface area contributed by atoms with Gasteiger partial charge in [-0.2, -0.15) is 0 Å². The first-order valence-corrected chi connectivity index (χ1v) is 6.64. The van der Waals surface area contributed by atoms with E-state index in [1.165, 1.54) is 6.26 Å². The SMILES string of the molecule is Cc1occc1C(=O)Nc1ccc(C(=O)OC(C)C)cc1. The van der Waals surface area contributed by atoms with Gasteiger partial charge in [0, 0.05) is 5.69 Å². The first kappa shape index (κ1) is 14.8. The van der Waals surface area contributed by atoms with Gasteiger partial charge in [-0.05, 0) is 51.1 Å². The molecule has 0 aliphatic rings. The monoisotopic (exact) mass is 287 g/mol. The van der Waals surface area contributed by atoms with E-state index in [0.717, 1.165) is 0 Å². The topological polar surface area (TPSA) is 68.5 Å². The van der Waals surface area contributed by atoms with Crippen molar-refractivity contribution in [2.45, 2.75) is 26.9 Å². The molecule has 0 radical (unpaired) electrons. The maximum Gasteiger partial charge on any atom is 0.338 e. The quantitative estimate of drug-likeness (QED) is 0.875. The van der Waals surface area contributed by atoms with Crippen LogP contribution in [0.15, 0.2) is 41.0 Å². The summed E-state index contributed by atoms with van der Waals surface area (Å²) in [5, 5.41) is 2.74. The molecule has 0 spiro atoms. The summed E-state index contributed by atoms with van der Waals surface area (Å²) in [7, 11) is 0. The van der Waals surface area contributed by atoms with Crippen molar-refractivity contribution in [2.75, 3.05) is 5.32 Å². The van der Waals surface area contributed by atoms with Gasteiger partial charge in [0.1, 0.15) is 5.76 Å². The largest absolute Gasteiger partial charge is 0.469 e. The molecule has 0 fully saturated rings. The van der Waals surface area contributed by atoms with Crippen LogP contribution in [0.3, 0.4) is 0 Å². The molecule has 1 amide bonds. The number of amides is 1. The highest BCUT2D eigenvalue weighted by Crippen LogP contribution is 2.15. The number of carbonyl (C=O) groups excluding carboxylic acids is 2. The third-order valence-electron chi connectivity index (χ3n) is 2.82. The Morgan fingerprint density at radius 1 is 1.14 bits per heavy atom. The van der Waals surface area contributed by atoms with Crippen molar-refractivity contribution in [3.8, 4) is 0 Å². The molecule has 5 heteroatoms. The van der Waals surface area contributed by atoms with E-state index in [1.54, 1.807) is 51.1 Å². The van der Waals surface area contributed by atoms with Crippen LogP contribution < -0.4 is 5.32 Å². The molecule has 5 nitrogen and oxygen atoms in total. The van der Waals surface area contributed by atoms with E-state index < -0.39 is 0 Å². The number of furan rings is 1. The molecule has 0 aliphatic carbocycles. The summed E-state index contributed by atoms with van der Waals surface area (Å²) < 4.78 is 10.2. The van der Waals surface area contributed by atoms with Gasteiger partial charge in [-0.1, -0.05) is 0 Å². The van der Waals surface area contributed by atoms with Crippen molar-refractivity contribution in [3.63, 3.8) is 0 Å². The predicted molar refractivity (Wildman–Crippen MR) is 78.4 cm³/mol. The molecule has 21 heavy (non-hydrogen) atoms. The molecule has 2 rings (SSSR count). The fraction of sp³-hybridized carbons (Fsp3) is 0.250. The lowest BCUT2D eigenvalue weighted by atomic mass is 10.2. The molecule has 0 atom stereocenters. The highest BCUT2D eigenvalue weighted by Gasteiger charge is 2.12. The fourth-order valence-electron chi connectivity index (χ4n) is 1.79. The summed E-state index contributed by atoms with van der Waals surface area (Å²) in [5.74, 6) is -0.0723. The van der Waals surface area contributed by atoms with Crippen molar-refractivity contribution >= 4 is 17.6 Å². The summed E-state index contributed by atoms with van der Waals surface area (Å²) in [4.78, 5) is 23.7. The molecule has 0 aliphatic heterocycles. The number of ether oxygens (including phenoxy) is 1. The Kier molecular flexibility index (Phi) is 4.42. The molecule has 2 aromatic rings. The van der Waals surface area contributed by atoms with Crippen LogP contribution in [-0.4, -0.2) is 18.0 Å². The van der Waals surface area contributed by atoms with E-state index in [4.69, 9.17) is 9.15 Å². The smallest absolute Gasteiger partial charge is 0.338 e. The second kappa shape index (κ2) is 6.26. The zero-order valence-corrected chi connectivity index (χ0v) is 12.2. The third-order valence-corrected chi connectivity index (χ3v) is 2.82. The zero-order chi connectivity index (χ0) is 15.4. The lowest BCUT2D eigenvalue weighted by Crippen LogP contribution is -2.13. The van der Waals surface area contributed by atoms with E-state index in [9.17, 15) is 9.59 Å². The van der Waals surface area contributed by atoms with Gasteiger partial charge in [-0.25, -0.2) is 4.79 Å². The van der Waals surface area contributed by atoms with E-state index >= 15 is 0 Å². The van der Waals surface area contributed by atoms with Gasteiger partial charge in [-0.15, -0.1) is 0 Å². The Labute approximate surface area is 122 Å². The van der Waals surface area contributed by atoms with Crippen molar-refractivity contribution in [1.82, 2.24) is 0 Å². The Bertz CT molecular complexity index is 641. The summed E-state index contributed by atoms with van der Waals surface area (Å²) >= 11 is 0. The summed E-state index contributed by atoms with van der Waals surface area (Å²) in [6.45, 7) is 5.30. The van der Waals surface area contributed by atoms with Crippen molar-refractivity contribution in [1.29, 1.82) is 0 Å². The van der Waals surface area contributed by atoms with Gasteiger partial charge in [-0.3, -0.25) is 4.79 Å². The number of nitrogens with one attached hydrogen (secondary N) is 1. The van der Waals surface area contributed by atoms with Crippen LogP contribution >= 0.6 is 0 Å². The van der Waals surface area contributed by atoms with E-state index in [0.29, 0.717) is 22.6 Å². The van der Waals surface area contributed by atoms with Gasteiger partial charge in [0.2, 0.25) is 0 Å². The van der Waals surface area contributed by atoms with Crippen LogP contribution in [0, 0.1) is 6.92 Å². The average Bonchev–Trinajstić information content (AvgIpc) is 2.85. The van der Waals surface area contributed by atoms with E-state index in [-0.39, 0.29) is 18.0 Å². The van der Waals surface area contributed by atoms with Gasteiger partial charge < -0.3 is 14.5 Å². The molecule has 110 valence electrons. The predicted octanol–water partition coefficient (Wildman–Crippen LogP) is 3.41. The second-order valence-corrected chi connectivity index (χ2v) is 4.88. The third kappa shape index (κ3) is 3.72. The maximum atomic E-state index is 12.0. The van der Waals surface area contributed by atoms with Crippen LogP contribution in [0.5, 0.6) is 0 Å². The zero-order valence-electron chi connectivity index (χ0n) is 12.2. The Hall–Kier alpha value is -2.56. The standard InChI is InChI=1S/C16H17NO4/c1-10(2)21-16(19)12-4-6-13(7-5-12)17-15(18)14-8-9-20-11(14)3/h4-10H,1-3H3,(H,17,18). The number of aryl methyl sites for hydroxylation is 1. The van der Waals surface area contributed by atoms with Crippen LogP contribution in [0.1, 0.15) is 40.3 Å². The number of anilines is 1. The summed E-state index contributed by atoms with van der Waals surface area (Å²) in [5.41, 5.74) is 1.53. The summed E-state index contributed by atoms with van der Waals surface area (Å²) in [6.07, 6.45) is 1.30. The highest BCUT2D eigenvalue weighted by atomic mass is 16.5. The van der Waals surface area contributed by atoms with Crippen LogP contribution in [-0.2, 0) is 4.74 Å². The molecule has 0 bridgehead atoms. The number of rotatable bonds is 4. The Balaban J connectivity index is 2.04. The van der Waals surface area contributed by atoms with Gasteiger partial charge in [0.25, 0.3) is 5.91 Å². The number of carbonyl (C=O) groups is 2. The molecule has 0 saturated heterocycles. The number of hydrogen-bond donors (Lipinski definition) is 1. The van der Waals surface area contributed by atoms with Crippen LogP contribution in [0.2, 0.25) is 0 Å². The number of hydrogen-bond acceptors (Lipinski definition) is 4. The first-order valence-electron chi connectivity index (χ1n) is 6.64. The Morgan fingerprint density at radius 2 is 1.81 bits per heavy atom.